The Kier molecular flexibility index (Phi) is 4.67. The van der Waals surface area contributed by atoms with E-state index in [1.54, 1.807) is 36.9 Å². The van der Waals surface area contributed by atoms with E-state index in [1.165, 1.54) is 11.6 Å². The summed E-state index contributed by atoms with van der Waals surface area (Å²) in [4.78, 5) is 29.2. The number of nitrogens with zero attached hydrogens (tertiary/aromatic N) is 6. The van der Waals surface area contributed by atoms with E-state index in [2.05, 4.69) is 20.5 Å². The number of benzene rings is 1. The largest absolute Gasteiger partial charge is 0.419 e. The van der Waals surface area contributed by atoms with Crippen LogP contribution < -0.4 is 16.6 Å². The standard InChI is InChI=1S/C17H15Cl2N7O3/c1-20-16-21-13-12(15(27)25(3)17(28)24(13)2)26(16)7-11-22-23-14(29-11)8-4-5-9(18)10(19)6-8/h4-6H,7H2,1-3H3,(H,20,21). The van der Waals surface area contributed by atoms with Crippen LogP contribution in [0, 0.1) is 0 Å². The fraction of sp³-hybridized carbons (Fsp3) is 0.235. The summed E-state index contributed by atoms with van der Waals surface area (Å²) in [6.07, 6.45) is 0. The first kappa shape index (κ1) is 19.2. The first-order valence-electron chi connectivity index (χ1n) is 8.43. The van der Waals surface area contributed by atoms with Gasteiger partial charge in [-0.3, -0.25) is 18.5 Å². The second kappa shape index (κ2) is 7.05. The lowest BCUT2D eigenvalue weighted by atomic mass is 10.2. The third-order valence-corrected chi connectivity index (χ3v) is 5.24. The van der Waals surface area contributed by atoms with Crippen LogP contribution in [0.1, 0.15) is 5.89 Å². The van der Waals surface area contributed by atoms with Crippen LogP contribution in [-0.4, -0.2) is 35.9 Å². The second-order valence-electron chi connectivity index (χ2n) is 6.28. The fourth-order valence-electron chi connectivity index (χ4n) is 2.99. The Balaban J connectivity index is 1.81. The Morgan fingerprint density at radius 1 is 1.10 bits per heavy atom. The van der Waals surface area contributed by atoms with Gasteiger partial charge in [0, 0.05) is 26.7 Å². The molecule has 29 heavy (non-hydrogen) atoms. The first-order valence-corrected chi connectivity index (χ1v) is 9.19. The van der Waals surface area contributed by atoms with Crippen molar-refractivity contribution in [2.75, 3.05) is 12.4 Å². The SMILES string of the molecule is CNc1nc2c(c(=O)n(C)c(=O)n2C)n1Cc1nnc(-c2ccc(Cl)c(Cl)c2)o1. The lowest BCUT2D eigenvalue weighted by molar-refractivity contribution is 0.492. The van der Waals surface area contributed by atoms with Gasteiger partial charge in [0.15, 0.2) is 11.2 Å². The van der Waals surface area contributed by atoms with Crippen LogP contribution in [-0.2, 0) is 20.6 Å². The minimum Gasteiger partial charge on any atom is -0.419 e. The summed E-state index contributed by atoms with van der Waals surface area (Å²) < 4.78 is 9.65. The molecule has 3 aromatic heterocycles. The molecule has 0 saturated carbocycles. The number of aromatic nitrogens is 6. The number of fused-ring (bicyclic) bond motifs is 1. The maximum atomic E-state index is 12.7. The van der Waals surface area contributed by atoms with E-state index in [4.69, 9.17) is 27.6 Å². The molecule has 0 aliphatic heterocycles. The molecule has 0 bridgehead atoms. The van der Waals surface area contributed by atoms with Crippen LogP contribution in [0.2, 0.25) is 10.0 Å². The van der Waals surface area contributed by atoms with Gasteiger partial charge in [-0.05, 0) is 18.2 Å². The van der Waals surface area contributed by atoms with Crippen molar-refractivity contribution in [3.8, 4) is 11.5 Å². The molecule has 0 unspecified atom stereocenters. The van der Waals surface area contributed by atoms with Crippen LogP contribution in [0.5, 0.6) is 0 Å². The van der Waals surface area contributed by atoms with Gasteiger partial charge in [-0.25, -0.2) is 4.79 Å². The first-order chi connectivity index (χ1) is 13.8. The van der Waals surface area contributed by atoms with Crippen molar-refractivity contribution in [2.45, 2.75) is 6.54 Å². The number of nitrogens with one attached hydrogen (secondary N) is 1. The molecule has 4 rings (SSSR count). The van der Waals surface area contributed by atoms with Crippen molar-refractivity contribution >= 4 is 40.3 Å². The molecule has 0 saturated heterocycles. The van der Waals surface area contributed by atoms with E-state index < -0.39 is 11.2 Å². The highest BCUT2D eigenvalue weighted by atomic mass is 35.5. The molecule has 4 aromatic rings. The summed E-state index contributed by atoms with van der Waals surface area (Å²) in [5.74, 6) is 0.889. The number of hydrogen-bond acceptors (Lipinski definition) is 7. The number of anilines is 1. The normalized spacial score (nSPS) is 11.3. The van der Waals surface area contributed by atoms with E-state index in [1.807, 2.05) is 0 Å². The van der Waals surface area contributed by atoms with Crippen LogP contribution in [0.4, 0.5) is 5.95 Å². The van der Waals surface area contributed by atoms with Crippen molar-refractivity contribution in [3.05, 3.63) is 55.0 Å². The third-order valence-electron chi connectivity index (χ3n) is 4.50. The minimum absolute atomic E-state index is 0.0778. The molecular formula is C17H15Cl2N7O3. The highest BCUT2D eigenvalue weighted by molar-refractivity contribution is 6.42. The third kappa shape index (κ3) is 3.10. The van der Waals surface area contributed by atoms with E-state index >= 15 is 0 Å². The van der Waals surface area contributed by atoms with E-state index in [0.717, 1.165) is 4.57 Å². The Morgan fingerprint density at radius 3 is 2.55 bits per heavy atom. The highest BCUT2D eigenvalue weighted by Crippen LogP contribution is 2.28. The van der Waals surface area contributed by atoms with Crippen molar-refractivity contribution in [1.82, 2.24) is 28.9 Å². The smallest absolute Gasteiger partial charge is 0.332 e. The van der Waals surface area contributed by atoms with Crippen LogP contribution in [0.3, 0.4) is 0 Å². The van der Waals surface area contributed by atoms with Gasteiger partial charge < -0.3 is 9.73 Å². The molecule has 10 nitrogen and oxygen atoms in total. The predicted octanol–water partition coefficient (Wildman–Crippen LogP) is 1.88. The second-order valence-corrected chi connectivity index (χ2v) is 7.09. The zero-order chi connectivity index (χ0) is 20.9. The molecule has 1 aromatic carbocycles. The summed E-state index contributed by atoms with van der Waals surface area (Å²) in [6, 6.07) is 4.97. The van der Waals surface area contributed by atoms with E-state index in [-0.39, 0.29) is 29.5 Å². The van der Waals surface area contributed by atoms with Crippen LogP contribution in [0.15, 0.2) is 32.2 Å². The van der Waals surface area contributed by atoms with Crippen molar-refractivity contribution < 1.29 is 4.42 Å². The molecule has 150 valence electrons. The van der Waals surface area contributed by atoms with Gasteiger partial charge in [-0.1, -0.05) is 23.2 Å². The molecule has 3 heterocycles. The van der Waals surface area contributed by atoms with Gasteiger partial charge in [0.25, 0.3) is 5.56 Å². The molecule has 1 N–H and O–H groups in total. The summed E-state index contributed by atoms with van der Waals surface area (Å²) in [6.45, 7) is 0.0778. The number of imidazole rings is 1. The van der Waals surface area contributed by atoms with E-state index in [0.29, 0.717) is 21.6 Å². The molecule has 0 fully saturated rings. The number of rotatable bonds is 4. The summed E-state index contributed by atoms with van der Waals surface area (Å²) in [5.41, 5.74) is 0.177. The Bertz CT molecular complexity index is 1370. The number of aryl methyl sites for hydroxylation is 1. The summed E-state index contributed by atoms with van der Waals surface area (Å²) in [7, 11) is 4.63. The van der Waals surface area contributed by atoms with Gasteiger partial charge in [0.2, 0.25) is 17.7 Å². The summed E-state index contributed by atoms with van der Waals surface area (Å²) >= 11 is 12.0. The molecule has 0 atom stereocenters. The monoisotopic (exact) mass is 435 g/mol. The quantitative estimate of drug-likeness (QED) is 0.520. The van der Waals surface area contributed by atoms with E-state index in [9.17, 15) is 9.59 Å². The lowest BCUT2D eigenvalue weighted by Gasteiger charge is -2.06. The molecular weight excluding hydrogens is 421 g/mol. The Hall–Kier alpha value is -3.11. The predicted molar refractivity (Wildman–Crippen MR) is 109 cm³/mol. The zero-order valence-corrected chi connectivity index (χ0v) is 17.1. The Morgan fingerprint density at radius 2 is 1.86 bits per heavy atom. The minimum atomic E-state index is -0.471. The Labute approximate surface area is 173 Å². The number of halogens is 2. The van der Waals surface area contributed by atoms with Gasteiger partial charge in [0.1, 0.15) is 6.54 Å². The van der Waals surface area contributed by atoms with Crippen LogP contribution >= 0.6 is 23.2 Å². The molecule has 0 spiro atoms. The fourth-order valence-corrected chi connectivity index (χ4v) is 3.29. The molecule has 12 heteroatoms. The lowest BCUT2D eigenvalue weighted by Crippen LogP contribution is -2.37. The van der Waals surface area contributed by atoms with Crippen LogP contribution in [0.25, 0.3) is 22.6 Å². The average molecular weight is 436 g/mol. The highest BCUT2D eigenvalue weighted by Gasteiger charge is 2.20. The topological polar surface area (TPSA) is 113 Å². The van der Waals surface area contributed by atoms with Crippen molar-refractivity contribution in [3.63, 3.8) is 0 Å². The molecule has 0 aliphatic carbocycles. The number of hydrogen-bond donors (Lipinski definition) is 1. The average Bonchev–Trinajstić information content (AvgIpc) is 3.32. The van der Waals surface area contributed by atoms with Crippen molar-refractivity contribution in [2.24, 2.45) is 14.1 Å². The molecule has 0 radical (unpaired) electrons. The van der Waals surface area contributed by atoms with Gasteiger partial charge >= 0.3 is 5.69 Å². The van der Waals surface area contributed by atoms with Crippen molar-refractivity contribution in [1.29, 1.82) is 0 Å². The molecule has 0 aliphatic rings. The maximum Gasteiger partial charge on any atom is 0.332 e. The van der Waals surface area contributed by atoms with Gasteiger partial charge in [-0.2, -0.15) is 4.98 Å². The maximum absolute atomic E-state index is 12.7. The zero-order valence-electron chi connectivity index (χ0n) is 15.6. The molecule has 0 amide bonds. The van der Waals surface area contributed by atoms with Gasteiger partial charge in [0.05, 0.1) is 10.0 Å². The van der Waals surface area contributed by atoms with Gasteiger partial charge in [-0.15, -0.1) is 10.2 Å². The summed E-state index contributed by atoms with van der Waals surface area (Å²) in [5, 5.41) is 11.8.